The lowest BCUT2D eigenvalue weighted by Gasteiger charge is -2.29. The maximum absolute atomic E-state index is 12.3. The molecule has 124 valence electrons. The molecule has 0 radical (unpaired) electrons. The Morgan fingerprint density at radius 3 is 3.00 bits per heavy atom. The van der Waals surface area contributed by atoms with E-state index in [0.717, 1.165) is 11.3 Å². The quantitative estimate of drug-likeness (QED) is 0.882. The minimum Gasteiger partial charge on any atom is -0.375 e. The van der Waals surface area contributed by atoms with Crippen molar-refractivity contribution >= 4 is 18.3 Å². The summed E-state index contributed by atoms with van der Waals surface area (Å²) in [6.45, 7) is 3.72. The molecule has 1 aromatic heterocycles. The summed E-state index contributed by atoms with van der Waals surface area (Å²) in [5.74, 6) is -0.0394. The minimum atomic E-state index is -0.300. The molecule has 1 fully saturated rings. The Kier molecular flexibility index (Phi) is 6.15. The number of morpholine rings is 1. The second kappa shape index (κ2) is 8.10. The van der Waals surface area contributed by atoms with Gasteiger partial charge in [0.1, 0.15) is 6.04 Å². The molecule has 0 aliphatic carbocycles. The number of carbonyl (C=O) groups is 1. The van der Waals surface area contributed by atoms with E-state index in [0.29, 0.717) is 19.7 Å². The van der Waals surface area contributed by atoms with E-state index < -0.39 is 0 Å². The highest BCUT2D eigenvalue weighted by Crippen LogP contribution is 2.13. The van der Waals surface area contributed by atoms with E-state index in [4.69, 9.17) is 4.74 Å². The molecule has 1 aromatic carbocycles. The molecule has 1 aliphatic rings. The Morgan fingerprint density at radius 1 is 1.43 bits per heavy atom. The molecule has 2 N–H and O–H groups in total. The summed E-state index contributed by atoms with van der Waals surface area (Å²) in [7, 11) is 0. The van der Waals surface area contributed by atoms with Crippen LogP contribution in [0.1, 0.15) is 12.5 Å². The number of amides is 1. The Bertz CT molecular complexity index is 633. The molecule has 1 saturated heterocycles. The molecule has 0 unspecified atom stereocenters. The maximum Gasteiger partial charge on any atom is 0.240 e. The van der Waals surface area contributed by atoms with Crippen molar-refractivity contribution in [1.29, 1.82) is 0 Å². The Hall–Kier alpha value is -1.89. The number of halogens is 1. The molecule has 0 bridgehead atoms. The molecular weight excluding hydrogens is 316 g/mol. The normalized spacial score (nSPS) is 20.6. The van der Waals surface area contributed by atoms with Crippen molar-refractivity contribution in [2.75, 3.05) is 13.2 Å². The smallest absolute Gasteiger partial charge is 0.240 e. The molecule has 2 atom stereocenters. The zero-order chi connectivity index (χ0) is 15.4. The van der Waals surface area contributed by atoms with E-state index in [-0.39, 0.29) is 30.5 Å². The van der Waals surface area contributed by atoms with Gasteiger partial charge in [0.2, 0.25) is 5.91 Å². The molecular formula is C16H21ClN4O2. The molecule has 0 saturated carbocycles. The third-order valence-corrected chi connectivity index (χ3v) is 3.79. The first-order chi connectivity index (χ1) is 10.8. The number of nitrogens with one attached hydrogen (secondary N) is 2. The highest BCUT2D eigenvalue weighted by molar-refractivity contribution is 5.85. The fourth-order valence-corrected chi connectivity index (χ4v) is 2.61. The molecule has 3 rings (SSSR count). The number of benzene rings is 1. The number of para-hydroxylation sites is 1. The van der Waals surface area contributed by atoms with Gasteiger partial charge in [0, 0.05) is 25.5 Å². The highest BCUT2D eigenvalue weighted by atomic mass is 35.5. The summed E-state index contributed by atoms with van der Waals surface area (Å²) in [6.07, 6.45) is 3.51. The van der Waals surface area contributed by atoms with Crippen LogP contribution >= 0.6 is 12.4 Å². The summed E-state index contributed by atoms with van der Waals surface area (Å²) >= 11 is 0. The van der Waals surface area contributed by atoms with Crippen LogP contribution in [-0.2, 0) is 16.1 Å². The van der Waals surface area contributed by atoms with Crippen LogP contribution in [0.5, 0.6) is 0 Å². The molecule has 7 heteroatoms. The van der Waals surface area contributed by atoms with E-state index in [1.54, 1.807) is 10.9 Å². The van der Waals surface area contributed by atoms with Gasteiger partial charge < -0.3 is 15.4 Å². The molecule has 1 amide bonds. The van der Waals surface area contributed by atoms with Crippen LogP contribution in [0.25, 0.3) is 5.69 Å². The van der Waals surface area contributed by atoms with Crippen molar-refractivity contribution in [3.63, 3.8) is 0 Å². The van der Waals surface area contributed by atoms with Crippen LogP contribution in [0.15, 0.2) is 42.7 Å². The van der Waals surface area contributed by atoms with Crippen molar-refractivity contribution in [2.45, 2.75) is 25.6 Å². The fourth-order valence-electron chi connectivity index (χ4n) is 2.61. The standard InChI is InChI=1S/C16H20N4O2.ClH/c1-12-15(17-8-10-22-12)16(21)18-11-13-5-2-3-6-14(13)20-9-4-7-19-20;/h2-7,9,12,15,17H,8,10-11H2,1H3,(H,18,21);1H/t12-,15+;/m1./s1. The largest absolute Gasteiger partial charge is 0.375 e. The van der Waals surface area contributed by atoms with Crippen molar-refractivity contribution in [1.82, 2.24) is 20.4 Å². The van der Waals surface area contributed by atoms with Gasteiger partial charge >= 0.3 is 0 Å². The van der Waals surface area contributed by atoms with E-state index in [1.165, 1.54) is 0 Å². The van der Waals surface area contributed by atoms with Crippen molar-refractivity contribution in [2.24, 2.45) is 0 Å². The van der Waals surface area contributed by atoms with Gasteiger partial charge in [0.05, 0.1) is 18.4 Å². The SMILES string of the molecule is C[C@H]1OCCN[C@@H]1C(=O)NCc1ccccc1-n1cccn1.Cl. The van der Waals surface area contributed by atoms with Crippen molar-refractivity contribution in [3.8, 4) is 5.69 Å². The van der Waals surface area contributed by atoms with Gasteiger partial charge in [0.15, 0.2) is 0 Å². The monoisotopic (exact) mass is 336 g/mol. The zero-order valence-electron chi connectivity index (χ0n) is 12.9. The molecule has 2 heterocycles. The van der Waals surface area contributed by atoms with E-state index >= 15 is 0 Å². The van der Waals surface area contributed by atoms with Crippen LogP contribution < -0.4 is 10.6 Å². The number of nitrogens with zero attached hydrogens (tertiary/aromatic N) is 2. The van der Waals surface area contributed by atoms with E-state index in [1.807, 2.05) is 43.5 Å². The average molecular weight is 337 g/mol. The molecule has 23 heavy (non-hydrogen) atoms. The summed E-state index contributed by atoms with van der Waals surface area (Å²) in [6, 6.07) is 9.47. The zero-order valence-corrected chi connectivity index (χ0v) is 13.8. The summed E-state index contributed by atoms with van der Waals surface area (Å²) < 4.78 is 7.31. The molecule has 1 aliphatic heterocycles. The number of hydrogen-bond donors (Lipinski definition) is 2. The van der Waals surface area contributed by atoms with Gasteiger partial charge in [-0.3, -0.25) is 4.79 Å². The summed E-state index contributed by atoms with van der Waals surface area (Å²) in [5.41, 5.74) is 1.98. The van der Waals surface area contributed by atoms with Gasteiger partial charge in [-0.25, -0.2) is 4.68 Å². The number of ether oxygens (including phenoxy) is 1. The van der Waals surface area contributed by atoms with E-state index in [2.05, 4.69) is 15.7 Å². The van der Waals surface area contributed by atoms with Crippen molar-refractivity contribution < 1.29 is 9.53 Å². The predicted molar refractivity (Wildman–Crippen MR) is 89.9 cm³/mol. The first-order valence-electron chi connectivity index (χ1n) is 7.46. The Labute approximate surface area is 141 Å². The third kappa shape index (κ3) is 4.10. The number of aromatic nitrogens is 2. The van der Waals surface area contributed by atoms with Crippen LogP contribution in [0, 0.1) is 0 Å². The lowest BCUT2D eigenvalue weighted by Crippen LogP contribution is -2.55. The Morgan fingerprint density at radius 2 is 2.26 bits per heavy atom. The highest BCUT2D eigenvalue weighted by Gasteiger charge is 2.28. The third-order valence-electron chi connectivity index (χ3n) is 3.79. The molecule has 2 aromatic rings. The first-order valence-corrected chi connectivity index (χ1v) is 7.46. The number of hydrogen-bond acceptors (Lipinski definition) is 4. The van der Waals surface area contributed by atoms with Gasteiger partial charge in [-0.05, 0) is 24.6 Å². The van der Waals surface area contributed by atoms with Gasteiger partial charge in [0.25, 0.3) is 0 Å². The summed E-state index contributed by atoms with van der Waals surface area (Å²) in [4.78, 5) is 12.3. The van der Waals surface area contributed by atoms with Crippen LogP contribution in [0.2, 0.25) is 0 Å². The lowest BCUT2D eigenvalue weighted by molar-refractivity contribution is -0.129. The number of rotatable bonds is 4. The van der Waals surface area contributed by atoms with Crippen molar-refractivity contribution in [3.05, 3.63) is 48.3 Å². The fraction of sp³-hybridized carbons (Fsp3) is 0.375. The topological polar surface area (TPSA) is 68.2 Å². The summed E-state index contributed by atoms with van der Waals surface area (Å²) in [5, 5.41) is 10.4. The maximum atomic E-state index is 12.3. The van der Waals surface area contributed by atoms with Crippen LogP contribution in [-0.4, -0.2) is 41.0 Å². The lowest BCUT2D eigenvalue weighted by atomic mass is 10.1. The van der Waals surface area contributed by atoms with Gasteiger partial charge in [-0.2, -0.15) is 5.10 Å². The van der Waals surface area contributed by atoms with Gasteiger partial charge in [-0.1, -0.05) is 18.2 Å². The molecule has 6 nitrogen and oxygen atoms in total. The molecule has 0 spiro atoms. The second-order valence-corrected chi connectivity index (χ2v) is 5.30. The minimum absolute atomic E-state index is 0. The van der Waals surface area contributed by atoms with E-state index in [9.17, 15) is 4.79 Å². The first kappa shape index (κ1) is 17.5. The number of carbonyl (C=O) groups excluding carboxylic acids is 1. The second-order valence-electron chi connectivity index (χ2n) is 5.30. The van der Waals surface area contributed by atoms with Gasteiger partial charge in [-0.15, -0.1) is 12.4 Å². The Balaban J connectivity index is 0.00000192. The predicted octanol–water partition coefficient (Wildman–Crippen LogP) is 1.29. The van der Waals surface area contributed by atoms with Crippen LogP contribution in [0.4, 0.5) is 0 Å². The van der Waals surface area contributed by atoms with Crippen LogP contribution in [0.3, 0.4) is 0 Å². The average Bonchev–Trinajstić information content (AvgIpc) is 3.07.